The molecule has 0 aliphatic heterocycles. The van der Waals surface area contributed by atoms with Gasteiger partial charge in [0.15, 0.2) is 6.61 Å². The Hall–Kier alpha value is -2.82. The van der Waals surface area contributed by atoms with Crippen molar-refractivity contribution in [2.75, 3.05) is 13.7 Å². The number of hydrogen-bond donors (Lipinski definition) is 1. The predicted molar refractivity (Wildman–Crippen MR) is 89.6 cm³/mol. The van der Waals surface area contributed by atoms with Gasteiger partial charge in [-0.3, -0.25) is 4.79 Å². The van der Waals surface area contributed by atoms with Crippen LogP contribution in [0.4, 0.5) is 0 Å². The van der Waals surface area contributed by atoms with Crippen LogP contribution in [0.15, 0.2) is 53.7 Å². The average Bonchev–Trinajstić information content (AvgIpc) is 2.58. The number of benzene rings is 2. The zero-order valence-corrected chi connectivity index (χ0v) is 13.3. The van der Waals surface area contributed by atoms with Gasteiger partial charge in [-0.1, -0.05) is 47.6 Å². The molecule has 0 bridgehead atoms. The Balaban J connectivity index is 1.76. The summed E-state index contributed by atoms with van der Waals surface area (Å²) < 4.78 is 5.23. The molecule has 2 aromatic carbocycles. The van der Waals surface area contributed by atoms with E-state index in [1.807, 2.05) is 55.5 Å². The van der Waals surface area contributed by atoms with Gasteiger partial charge in [0.2, 0.25) is 0 Å². The largest absolute Gasteiger partial charge is 0.496 e. The summed E-state index contributed by atoms with van der Waals surface area (Å²) in [6, 6.07) is 15.3. The van der Waals surface area contributed by atoms with Crippen LogP contribution in [-0.2, 0) is 16.2 Å². The highest BCUT2D eigenvalue weighted by atomic mass is 16.6. The van der Waals surface area contributed by atoms with Gasteiger partial charge >= 0.3 is 0 Å². The molecule has 0 aliphatic carbocycles. The van der Waals surface area contributed by atoms with Crippen molar-refractivity contribution < 1.29 is 14.4 Å². The molecule has 1 N–H and O–H groups in total. The van der Waals surface area contributed by atoms with Gasteiger partial charge in [-0.15, -0.1) is 0 Å². The number of nitrogens with one attached hydrogen (secondary N) is 1. The van der Waals surface area contributed by atoms with Gasteiger partial charge < -0.3 is 14.9 Å². The zero-order chi connectivity index (χ0) is 16.5. The van der Waals surface area contributed by atoms with Crippen molar-refractivity contribution in [3.05, 3.63) is 65.2 Å². The molecule has 0 heterocycles. The number of ether oxygens (including phenoxy) is 1. The van der Waals surface area contributed by atoms with Gasteiger partial charge in [-0.25, -0.2) is 0 Å². The van der Waals surface area contributed by atoms with E-state index in [0.717, 1.165) is 22.4 Å². The number of rotatable bonds is 7. The predicted octanol–water partition coefficient (Wildman–Crippen LogP) is 2.67. The molecule has 0 saturated heterocycles. The van der Waals surface area contributed by atoms with Crippen LogP contribution in [0.5, 0.6) is 5.75 Å². The lowest BCUT2D eigenvalue weighted by Crippen LogP contribution is -2.26. The fourth-order valence-electron chi connectivity index (χ4n) is 2.02. The van der Waals surface area contributed by atoms with E-state index in [2.05, 4.69) is 10.5 Å². The van der Waals surface area contributed by atoms with Gasteiger partial charge in [0.1, 0.15) is 5.75 Å². The Bertz CT molecular complexity index is 683. The third-order valence-electron chi connectivity index (χ3n) is 3.32. The smallest absolute Gasteiger partial charge is 0.261 e. The molecule has 0 unspecified atom stereocenters. The summed E-state index contributed by atoms with van der Waals surface area (Å²) in [5.41, 5.74) is 2.97. The molecule has 1 amide bonds. The minimum Gasteiger partial charge on any atom is -0.496 e. The van der Waals surface area contributed by atoms with E-state index in [1.54, 1.807) is 13.3 Å². The second kappa shape index (κ2) is 8.58. The Morgan fingerprint density at radius 3 is 2.70 bits per heavy atom. The van der Waals surface area contributed by atoms with E-state index < -0.39 is 0 Å². The highest BCUT2D eigenvalue weighted by molar-refractivity contribution is 5.81. The van der Waals surface area contributed by atoms with E-state index in [0.29, 0.717) is 6.54 Å². The summed E-state index contributed by atoms with van der Waals surface area (Å²) in [5, 5.41) is 6.59. The van der Waals surface area contributed by atoms with Gasteiger partial charge in [-0.2, -0.15) is 0 Å². The third-order valence-corrected chi connectivity index (χ3v) is 3.32. The summed E-state index contributed by atoms with van der Waals surface area (Å²) in [7, 11) is 1.60. The SMILES string of the molecule is COc1ccccc1CNC(=O)CO/N=C\c1ccccc1C. The Kier molecular flexibility index (Phi) is 6.17. The molecule has 5 heteroatoms. The Morgan fingerprint density at radius 2 is 1.91 bits per heavy atom. The fraction of sp³-hybridized carbons (Fsp3) is 0.222. The molecule has 0 spiro atoms. The Labute approximate surface area is 135 Å². The van der Waals surface area contributed by atoms with Crippen LogP contribution in [0.25, 0.3) is 0 Å². The van der Waals surface area contributed by atoms with Gasteiger partial charge in [0.05, 0.1) is 13.3 Å². The van der Waals surface area contributed by atoms with Gasteiger partial charge in [0, 0.05) is 12.1 Å². The third kappa shape index (κ3) is 5.14. The van der Waals surface area contributed by atoms with Crippen molar-refractivity contribution in [2.45, 2.75) is 13.5 Å². The maximum atomic E-state index is 11.7. The number of oxime groups is 1. The zero-order valence-electron chi connectivity index (χ0n) is 13.3. The lowest BCUT2D eigenvalue weighted by molar-refractivity contribution is -0.125. The number of carbonyl (C=O) groups excluding carboxylic acids is 1. The standard InChI is InChI=1S/C18H20N2O3/c1-14-7-3-4-8-15(14)12-20-23-13-18(21)19-11-16-9-5-6-10-17(16)22-2/h3-10,12H,11,13H2,1-2H3,(H,19,21)/b20-12-. The van der Waals surface area contributed by atoms with Crippen LogP contribution in [0.1, 0.15) is 16.7 Å². The van der Waals surface area contributed by atoms with Crippen LogP contribution >= 0.6 is 0 Å². The van der Waals surface area contributed by atoms with Crippen LogP contribution < -0.4 is 10.1 Å². The minimum absolute atomic E-state index is 0.127. The van der Waals surface area contributed by atoms with Crippen LogP contribution in [0.2, 0.25) is 0 Å². The summed E-state index contributed by atoms with van der Waals surface area (Å²) in [4.78, 5) is 16.8. The topological polar surface area (TPSA) is 59.9 Å². The van der Waals surface area contributed by atoms with E-state index in [1.165, 1.54) is 0 Å². The fourth-order valence-corrected chi connectivity index (χ4v) is 2.02. The first-order valence-corrected chi connectivity index (χ1v) is 7.30. The molecule has 0 saturated carbocycles. The van der Waals surface area contributed by atoms with E-state index in [-0.39, 0.29) is 12.5 Å². The first-order valence-electron chi connectivity index (χ1n) is 7.30. The number of aryl methyl sites for hydroxylation is 1. The number of hydrogen-bond acceptors (Lipinski definition) is 4. The number of nitrogens with zero attached hydrogens (tertiary/aromatic N) is 1. The summed E-state index contributed by atoms with van der Waals surface area (Å²) in [6.45, 7) is 2.24. The second-order valence-corrected chi connectivity index (χ2v) is 4.95. The molecule has 0 aliphatic rings. The maximum absolute atomic E-state index is 11.7. The lowest BCUT2D eigenvalue weighted by atomic mass is 10.1. The van der Waals surface area contributed by atoms with Crippen molar-refractivity contribution in [1.82, 2.24) is 5.32 Å². The number of amides is 1. The van der Waals surface area contributed by atoms with Crippen LogP contribution in [-0.4, -0.2) is 25.8 Å². The van der Waals surface area contributed by atoms with Crippen molar-refractivity contribution >= 4 is 12.1 Å². The molecule has 2 aromatic rings. The summed E-state index contributed by atoms with van der Waals surface area (Å²) >= 11 is 0. The molecule has 0 aromatic heterocycles. The van der Waals surface area contributed by atoms with Crippen molar-refractivity contribution in [3.8, 4) is 5.75 Å². The number of methoxy groups -OCH3 is 1. The molecule has 5 nitrogen and oxygen atoms in total. The Morgan fingerprint density at radius 1 is 1.17 bits per heavy atom. The molecule has 2 rings (SSSR count). The van der Waals surface area contributed by atoms with Gasteiger partial charge in [-0.05, 0) is 24.1 Å². The monoisotopic (exact) mass is 312 g/mol. The normalized spacial score (nSPS) is 10.5. The highest BCUT2D eigenvalue weighted by Gasteiger charge is 2.05. The van der Waals surface area contributed by atoms with Crippen molar-refractivity contribution in [1.29, 1.82) is 0 Å². The summed E-state index contributed by atoms with van der Waals surface area (Å²) in [5.74, 6) is 0.504. The lowest BCUT2D eigenvalue weighted by Gasteiger charge is -2.09. The van der Waals surface area contributed by atoms with E-state index >= 15 is 0 Å². The maximum Gasteiger partial charge on any atom is 0.261 e. The van der Waals surface area contributed by atoms with Crippen molar-refractivity contribution in [3.63, 3.8) is 0 Å². The molecule has 120 valence electrons. The molecular weight excluding hydrogens is 292 g/mol. The number of para-hydroxylation sites is 1. The molecule has 0 fully saturated rings. The van der Waals surface area contributed by atoms with E-state index in [4.69, 9.17) is 9.57 Å². The van der Waals surface area contributed by atoms with Crippen LogP contribution in [0, 0.1) is 6.92 Å². The second-order valence-electron chi connectivity index (χ2n) is 4.95. The van der Waals surface area contributed by atoms with Crippen molar-refractivity contribution in [2.24, 2.45) is 5.16 Å². The van der Waals surface area contributed by atoms with Crippen LogP contribution in [0.3, 0.4) is 0 Å². The molecule has 23 heavy (non-hydrogen) atoms. The molecule has 0 atom stereocenters. The van der Waals surface area contributed by atoms with Gasteiger partial charge in [0.25, 0.3) is 5.91 Å². The average molecular weight is 312 g/mol. The first-order chi connectivity index (χ1) is 11.2. The number of carbonyl (C=O) groups is 1. The molecular formula is C18H20N2O3. The van der Waals surface area contributed by atoms with E-state index in [9.17, 15) is 4.79 Å². The first kappa shape index (κ1) is 16.5. The molecule has 0 radical (unpaired) electrons. The summed E-state index contributed by atoms with van der Waals surface area (Å²) in [6.07, 6.45) is 1.60. The quantitative estimate of drug-likeness (QED) is 0.631. The minimum atomic E-state index is -0.238. The highest BCUT2D eigenvalue weighted by Crippen LogP contribution is 2.16.